The summed E-state index contributed by atoms with van der Waals surface area (Å²) in [4.78, 5) is 2.07. The van der Waals surface area contributed by atoms with Crippen molar-refractivity contribution < 1.29 is 5.11 Å². The van der Waals surface area contributed by atoms with Gasteiger partial charge in [0.2, 0.25) is 0 Å². The van der Waals surface area contributed by atoms with Crippen LogP contribution in [0.4, 0.5) is 0 Å². The highest BCUT2D eigenvalue weighted by Crippen LogP contribution is 2.24. The number of aromatic nitrogens is 2. The van der Waals surface area contributed by atoms with Crippen LogP contribution in [0.3, 0.4) is 0 Å². The SMILES string of the molecule is CN(Cc1cn[nH]c1-c1cccc(Cl)c1)CC(C)(C)O. The number of halogens is 1. The molecule has 0 saturated carbocycles. The number of likely N-dealkylation sites (N-methyl/N-ethyl adjacent to an activating group) is 1. The van der Waals surface area contributed by atoms with Crippen molar-refractivity contribution in [1.29, 1.82) is 0 Å². The molecule has 5 heteroatoms. The second-order valence-corrected chi connectivity index (χ2v) is 6.20. The summed E-state index contributed by atoms with van der Waals surface area (Å²) in [5.74, 6) is 0. The first kappa shape index (κ1) is 15.0. The zero-order chi connectivity index (χ0) is 14.8. The molecule has 2 rings (SSSR count). The normalized spacial score (nSPS) is 12.1. The van der Waals surface area contributed by atoms with Crippen LogP contribution in [-0.2, 0) is 6.54 Å². The Kier molecular flexibility index (Phi) is 4.48. The number of nitrogens with zero attached hydrogens (tertiary/aromatic N) is 2. The molecule has 0 bridgehead atoms. The van der Waals surface area contributed by atoms with Gasteiger partial charge >= 0.3 is 0 Å². The van der Waals surface area contributed by atoms with Crippen molar-refractivity contribution in [3.05, 3.63) is 41.0 Å². The Bertz CT molecular complexity index is 574. The molecule has 0 atom stereocenters. The van der Waals surface area contributed by atoms with Gasteiger partial charge in [-0.25, -0.2) is 0 Å². The molecule has 108 valence electrons. The zero-order valence-corrected chi connectivity index (χ0v) is 12.8. The average molecular weight is 294 g/mol. The summed E-state index contributed by atoms with van der Waals surface area (Å²) >= 11 is 6.03. The molecule has 0 spiro atoms. The van der Waals surface area contributed by atoms with Gasteiger partial charge in [0.15, 0.2) is 0 Å². The van der Waals surface area contributed by atoms with Crippen molar-refractivity contribution in [1.82, 2.24) is 15.1 Å². The predicted molar refractivity (Wildman–Crippen MR) is 81.7 cm³/mol. The zero-order valence-electron chi connectivity index (χ0n) is 12.0. The van der Waals surface area contributed by atoms with Crippen LogP contribution in [0.5, 0.6) is 0 Å². The quantitative estimate of drug-likeness (QED) is 0.891. The van der Waals surface area contributed by atoms with E-state index in [-0.39, 0.29) is 0 Å². The lowest BCUT2D eigenvalue weighted by atomic mass is 10.1. The molecule has 2 aromatic rings. The van der Waals surface area contributed by atoms with Crippen molar-refractivity contribution in [2.75, 3.05) is 13.6 Å². The molecule has 20 heavy (non-hydrogen) atoms. The third-order valence-corrected chi connectivity index (χ3v) is 3.16. The lowest BCUT2D eigenvalue weighted by molar-refractivity contribution is 0.0425. The number of aromatic amines is 1. The Labute approximate surface area is 124 Å². The minimum Gasteiger partial charge on any atom is -0.389 e. The number of nitrogens with one attached hydrogen (secondary N) is 1. The van der Waals surface area contributed by atoms with Crippen molar-refractivity contribution in [3.8, 4) is 11.3 Å². The van der Waals surface area contributed by atoms with E-state index in [1.54, 1.807) is 13.8 Å². The van der Waals surface area contributed by atoms with Crippen molar-refractivity contribution >= 4 is 11.6 Å². The van der Waals surface area contributed by atoms with Crippen LogP contribution in [0.25, 0.3) is 11.3 Å². The van der Waals surface area contributed by atoms with Gasteiger partial charge in [0.25, 0.3) is 0 Å². The molecule has 1 heterocycles. The largest absolute Gasteiger partial charge is 0.389 e. The van der Waals surface area contributed by atoms with E-state index in [4.69, 9.17) is 11.6 Å². The second-order valence-electron chi connectivity index (χ2n) is 5.77. The Morgan fingerprint density at radius 2 is 2.15 bits per heavy atom. The lowest BCUT2D eigenvalue weighted by Crippen LogP contribution is -2.35. The van der Waals surface area contributed by atoms with Gasteiger partial charge in [0, 0.05) is 29.2 Å². The molecule has 2 N–H and O–H groups in total. The number of hydrogen-bond donors (Lipinski definition) is 2. The van der Waals surface area contributed by atoms with E-state index in [2.05, 4.69) is 15.1 Å². The number of H-pyrrole nitrogens is 1. The number of rotatable bonds is 5. The molecular weight excluding hydrogens is 274 g/mol. The first-order chi connectivity index (χ1) is 9.35. The Hall–Kier alpha value is -1.36. The van der Waals surface area contributed by atoms with Gasteiger partial charge < -0.3 is 5.11 Å². The lowest BCUT2D eigenvalue weighted by Gasteiger charge is -2.25. The second kappa shape index (κ2) is 5.95. The van der Waals surface area contributed by atoms with Crippen LogP contribution in [-0.4, -0.2) is 39.4 Å². The predicted octanol–water partition coefficient (Wildman–Crippen LogP) is 2.93. The molecule has 0 aliphatic rings. The van der Waals surface area contributed by atoms with Gasteiger partial charge in [-0.1, -0.05) is 23.7 Å². The highest BCUT2D eigenvalue weighted by Gasteiger charge is 2.17. The molecular formula is C15H20ClN3O. The highest BCUT2D eigenvalue weighted by atomic mass is 35.5. The average Bonchev–Trinajstić information content (AvgIpc) is 2.74. The fourth-order valence-electron chi connectivity index (χ4n) is 2.33. The summed E-state index contributed by atoms with van der Waals surface area (Å²) in [5.41, 5.74) is 2.35. The van der Waals surface area contributed by atoms with Gasteiger partial charge in [0.1, 0.15) is 0 Å². The molecule has 0 radical (unpaired) electrons. The first-order valence-corrected chi connectivity index (χ1v) is 6.92. The molecule has 4 nitrogen and oxygen atoms in total. The van der Waals surface area contributed by atoms with Crippen LogP contribution in [0.1, 0.15) is 19.4 Å². The van der Waals surface area contributed by atoms with Crippen LogP contribution < -0.4 is 0 Å². The van der Waals surface area contributed by atoms with Crippen molar-refractivity contribution in [2.45, 2.75) is 26.0 Å². The van der Waals surface area contributed by atoms with E-state index in [1.807, 2.05) is 37.5 Å². The van der Waals surface area contributed by atoms with Gasteiger partial charge in [0.05, 0.1) is 17.5 Å². The summed E-state index contributed by atoms with van der Waals surface area (Å²) in [7, 11) is 1.98. The Morgan fingerprint density at radius 1 is 1.40 bits per heavy atom. The topological polar surface area (TPSA) is 52.2 Å². The van der Waals surface area contributed by atoms with Crippen molar-refractivity contribution in [3.63, 3.8) is 0 Å². The van der Waals surface area contributed by atoms with Crippen LogP contribution in [0.15, 0.2) is 30.5 Å². The first-order valence-electron chi connectivity index (χ1n) is 6.54. The van der Waals surface area contributed by atoms with Gasteiger partial charge in [-0.3, -0.25) is 10.00 Å². The van der Waals surface area contributed by atoms with Crippen molar-refractivity contribution in [2.24, 2.45) is 0 Å². The molecule has 0 aliphatic carbocycles. The third-order valence-electron chi connectivity index (χ3n) is 2.93. The molecule has 1 aromatic heterocycles. The summed E-state index contributed by atoms with van der Waals surface area (Å²) in [6.07, 6.45) is 1.82. The number of hydrogen-bond acceptors (Lipinski definition) is 3. The van der Waals surface area contributed by atoms with E-state index < -0.39 is 5.60 Å². The summed E-state index contributed by atoms with van der Waals surface area (Å²) in [5, 5.41) is 17.7. The molecule has 0 aliphatic heterocycles. The van der Waals surface area contributed by atoms with Gasteiger partial charge in [-0.15, -0.1) is 0 Å². The summed E-state index contributed by atoms with van der Waals surface area (Å²) in [6.45, 7) is 4.91. The van der Waals surface area contributed by atoms with E-state index in [1.165, 1.54) is 0 Å². The number of aliphatic hydroxyl groups is 1. The highest BCUT2D eigenvalue weighted by molar-refractivity contribution is 6.30. The fraction of sp³-hybridized carbons (Fsp3) is 0.400. The van der Waals surface area contributed by atoms with Gasteiger partial charge in [-0.05, 0) is 33.0 Å². The maximum atomic E-state index is 9.86. The molecule has 0 amide bonds. The smallest absolute Gasteiger partial charge is 0.0718 e. The van der Waals surface area contributed by atoms with Crippen LogP contribution in [0, 0.1) is 0 Å². The number of benzene rings is 1. The summed E-state index contributed by atoms with van der Waals surface area (Å²) in [6, 6.07) is 7.68. The van der Waals surface area contributed by atoms with E-state index >= 15 is 0 Å². The minimum absolute atomic E-state index is 0.590. The van der Waals surface area contributed by atoms with Crippen LogP contribution in [0.2, 0.25) is 5.02 Å². The monoisotopic (exact) mass is 293 g/mol. The van der Waals surface area contributed by atoms with E-state index in [0.29, 0.717) is 18.1 Å². The van der Waals surface area contributed by atoms with E-state index in [9.17, 15) is 5.11 Å². The molecule has 0 saturated heterocycles. The molecule has 1 aromatic carbocycles. The van der Waals surface area contributed by atoms with Gasteiger partial charge in [-0.2, -0.15) is 5.10 Å². The van der Waals surface area contributed by atoms with Crippen LogP contribution >= 0.6 is 11.6 Å². The minimum atomic E-state index is -0.714. The third kappa shape index (κ3) is 4.07. The Morgan fingerprint density at radius 3 is 2.80 bits per heavy atom. The maximum absolute atomic E-state index is 9.86. The standard InChI is InChI=1S/C15H20ClN3O/c1-15(2,20)10-19(3)9-12-8-17-18-14(12)11-5-4-6-13(16)7-11/h4-8,20H,9-10H2,1-3H3,(H,17,18). The fourth-order valence-corrected chi connectivity index (χ4v) is 2.52. The summed E-state index contributed by atoms with van der Waals surface area (Å²) < 4.78 is 0. The molecule has 0 fully saturated rings. The molecule has 0 unspecified atom stereocenters. The Balaban J connectivity index is 2.17. The van der Waals surface area contributed by atoms with E-state index in [0.717, 1.165) is 16.8 Å². The maximum Gasteiger partial charge on any atom is 0.0718 e.